The molecule has 1 heterocycles. The Morgan fingerprint density at radius 1 is 1.24 bits per heavy atom. The highest BCUT2D eigenvalue weighted by Crippen LogP contribution is 2.22. The monoisotopic (exact) mass is 312 g/mol. The molecule has 7 heteroatoms. The van der Waals surface area contributed by atoms with Crippen molar-refractivity contribution in [3.05, 3.63) is 35.4 Å². The van der Waals surface area contributed by atoms with Crippen LogP contribution in [0, 0.1) is 0 Å². The molecule has 21 heavy (non-hydrogen) atoms. The zero-order valence-corrected chi connectivity index (χ0v) is 12.4. The van der Waals surface area contributed by atoms with Gasteiger partial charge in [-0.15, -0.1) is 12.4 Å². The number of fused-ring (bicyclic) bond motifs is 1. The molecule has 2 amide bonds. The predicted molar refractivity (Wildman–Crippen MR) is 78.3 cm³/mol. The number of nitrogens with two attached hydrogens (primary N) is 1. The third-order valence-electron chi connectivity index (χ3n) is 3.28. The van der Waals surface area contributed by atoms with Crippen molar-refractivity contribution >= 4 is 30.2 Å². The molecule has 114 valence electrons. The van der Waals surface area contributed by atoms with Crippen LogP contribution in [-0.4, -0.2) is 42.4 Å². The van der Waals surface area contributed by atoms with Gasteiger partial charge in [0.05, 0.1) is 18.2 Å². The normalized spacial score (nSPS) is 14.5. The van der Waals surface area contributed by atoms with E-state index in [0.29, 0.717) is 24.0 Å². The Morgan fingerprint density at radius 3 is 2.24 bits per heavy atom. The second-order valence-electron chi connectivity index (χ2n) is 4.58. The Labute approximate surface area is 128 Å². The van der Waals surface area contributed by atoms with E-state index in [-0.39, 0.29) is 30.8 Å². The van der Waals surface area contributed by atoms with Gasteiger partial charge in [-0.3, -0.25) is 19.3 Å². The molecule has 0 radical (unpaired) electrons. The van der Waals surface area contributed by atoms with Crippen molar-refractivity contribution < 1.29 is 19.1 Å². The van der Waals surface area contributed by atoms with Crippen LogP contribution in [0.1, 0.15) is 33.6 Å². The molecule has 1 aromatic carbocycles. The molecular weight excluding hydrogens is 296 g/mol. The lowest BCUT2D eigenvalue weighted by molar-refractivity contribution is -0.142. The third kappa shape index (κ3) is 3.40. The van der Waals surface area contributed by atoms with Crippen molar-refractivity contribution in [2.24, 2.45) is 5.73 Å². The molecule has 2 N–H and O–H groups in total. The fourth-order valence-corrected chi connectivity index (χ4v) is 2.18. The summed E-state index contributed by atoms with van der Waals surface area (Å²) < 4.78 is 4.52. The second-order valence-corrected chi connectivity index (χ2v) is 4.58. The predicted octanol–water partition coefficient (Wildman–Crippen LogP) is 0.985. The van der Waals surface area contributed by atoms with Gasteiger partial charge in [0.2, 0.25) is 0 Å². The molecule has 0 saturated heterocycles. The number of hydrogen-bond acceptors (Lipinski definition) is 5. The molecule has 0 spiro atoms. The average molecular weight is 313 g/mol. The number of esters is 1. The van der Waals surface area contributed by atoms with E-state index in [2.05, 4.69) is 4.74 Å². The lowest BCUT2D eigenvalue weighted by Crippen LogP contribution is -2.35. The summed E-state index contributed by atoms with van der Waals surface area (Å²) >= 11 is 0. The highest BCUT2D eigenvalue weighted by Gasteiger charge is 2.34. The van der Waals surface area contributed by atoms with Gasteiger partial charge in [-0.05, 0) is 25.0 Å². The van der Waals surface area contributed by atoms with Gasteiger partial charge in [0.1, 0.15) is 6.04 Å². The van der Waals surface area contributed by atoms with Crippen LogP contribution in [0.25, 0.3) is 0 Å². The van der Waals surface area contributed by atoms with Gasteiger partial charge in [-0.2, -0.15) is 0 Å². The van der Waals surface area contributed by atoms with Crippen LogP contribution in [0.4, 0.5) is 0 Å². The fourth-order valence-electron chi connectivity index (χ4n) is 2.18. The van der Waals surface area contributed by atoms with E-state index >= 15 is 0 Å². The highest BCUT2D eigenvalue weighted by atomic mass is 35.5. The number of carbonyl (C=O) groups excluding carboxylic acids is 3. The van der Waals surface area contributed by atoms with Crippen molar-refractivity contribution in [3.8, 4) is 0 Å². The summed E-state index contributed by atoms with van der Waals surface area (Å²) in [5, 5.41) is 0. The Bertz CT molecular complexity index is 527. The quantitative estimate of drug-likeness (QED) is 0.646. The summed E-state index contributed by atoms with van der Waals surface area (Å²) in [6.45, 7) is 0.247. The zero-order chi connectivity index (χ0) is 14.7. The molecule has 0 unspecified atom stereocenters. The number of imide groups is 1. The van der Waals surface area contributed by atoms with E-state index in [1.165, 1.54) is 12.0 Å². The minimum absolute atomic E-state index is 0. The first-order valence-corrected chi connectivity index (χ1v) is 6.35. The Morgan fingerprint density at radius 2 is 1.76 bits per heavy atom. The van der Waals surface area contributed by atoms with E-state index in [4.69, 9.17) is 5.73 Å². The van der Waals surface area contributed by atoms with Crippen LogP contribution < -0.4 is 5.73 Å². The maximum Gasteiger partial charge on any atom is 0.322 e. The first kappa shape index (κ1) is 17.1. The molecule has 2 rings (SSSR count). The largest absolute Gasteiger partial charge is 0.468 e. The maximum atomic E-state index is 12.1. The molecule has 1 aromatic rings. The Hall–Kier alpha value is -1.92. The van der Waals surface area contributed by atoms with Crippen LogP contribution >= 0.6 is 12.4 Å². The van der Waals surface area contributed by atoms with Gasteiger partial charge < -0.3 is 10.5 Å². The number of methoxy groups -OCH3 is 1. The smallest absolute Gasteiger partial charge is 0.322 e. The molecule has 0 saturated carbocycles. The molecular formula is C14H17ClN2O4. The molecule has 0 aromatic heterocycles. The lowest BCUT2D eigenvalue weighted by atomic mass is 10.1. The van der Waals surface area contributed by atoms with Gasteiger partial charge in [-0.25, -0.2) is 0 Å². The topological polar surface area (TPSA) is 89.7 Å². The summed E-state index contributed by atoms with van der Waals surface area (Å²) in [7, 11) is 1.27. The number of ether oxygens (including phenoxy) is 1. The maximum absolute atomic E-state index is 12.1. The summed E-state index contributed by atoms with van der Waals surface area (Å²) in [5.41, 5.74) is 6.45. The van der Waals surface area contributed by atoms with Gasteiger partial charge in [-0.1, -0.05) is 12.1 Å². The Kier molecular flexibility index (Phi) is 5.87. The van der Waals surface area contributed by atoms with Gasteiger partial charge >= 0.3 is 5.97 Å². The third-order valence-corrected chi connectivity index (χ3v) is 3.28. The van der Waals surface area contributed by atoms with Crippen LogP contribution in [0.5, 0.6) is 0 Å². The Balaban J connectivity index is 0.00000220. The molecule has 0 bridgehead atoms. The van der Waals surface area contributed by atoms with Crippen LogP contribution in [0.3, 0.4) is 0 Å². The van der Waals surface area contributed by atoms with E-state index < -0.39 is 12.0 Å². The average Bonchev–Trinajstić information content (AvgIpc) is 2.71. The molecule has 6 nitrogen and oxygen atoms in total. The number of nitrogens with zero attached hydrogens (tertiary/aromatic N) is 1. The van der Waals surface area contributed by atoms with Gasteiger partial charge in [0, 0.05) is 6.54 Å². The zero-order valence-electron chi connectivity index (χ0n) is 11.6. The van der Waals surface area contributed by atoms with Crippen molar-refractivity contribution in [2.75, 3.05) is 13.7 Å². The van der Waals surface area contributed by atoms with Gasteiger partial charge in [0.15, 0.2) is 0 Å². The number of rotatable bonds is 5. The number of amides is 2. The summed E-state index contributed by atoms with van der Waals surface area (Å²) in [5.74, 6) is -1.08. The number of halogens is 1. The molecule has 1 aliphatic rings. The van der Waals surface area contributed by atoms with E-state index in [1.54, 1.807) is 24.3 Å². The standard InChI is InChI=1S/C14H16N2O4.ClH/c1-20-14(19)11(15)7-4-8-16-12(17)9-5-2-3-6-10(9)13(16)18;/h2-3,5-6,11H,4,7-8,15H2,1H3;1H/t11-;/m0./s1. The van der Waals surface area contributed by atoms with E-state index in [9.17, 15) is 14.4 Å². The molecule has 0 fully saturated rings. The molecule has 1 atom stereocenters. The lowest BCUT2D eigenvalue weighted by Gasteiger charge is -2.15. The minimum Gasteiger partial charge on any atom is -0.468 e. The van der Waals surface area contributed by atoms with Crippen LogP contribution in [0.2, 0.25) is 0 Å². The number of carbonyl (C=O) groups is 3. The van der Waals surface area contributed by atoms with E-state index in [0.717, 1.165) is 0 Å². The summed E-state index contributed by atoms with van der Waals surface area (Å²) in [6.07, 6.45) is 0.821. The van der Waals surface area contributed by atoms with Crippen LogP contribution in [0.15, 0.2) is 24.3 Å². The number of benzene rings is 1. The first-order chi connectivity index (χ1) is 9.56. The van der Waals surface area contributed by atoms with Gasteiger partial charge in [0.25, 0.3) is 11.8 Å². The SMILES string of the molecule is COC(=O)[C@@H](N)CCCN1C(=O)c2ccccc2C1=O.Cl. The highest BCUT2D eigenvalue weighted by molar-refractivity contribution is 6.21. The van der Waals surface area contributed by atoms with E-state index in [1.807, 2.05) is 0 Å². The fraction of sp³-hybridized carbons (Fsp3) is 0.357. The molecule has 0 aliphatic carbocycles. The van der Waals surface area contributed by atoms with Crippen molar-refractivity contribution in [2.45, 2.75) is 18.9 Å². The minimum atomic E-state index is -0.727. The first-order valence-electron chi connectivity index (χ1n) is 6.35. The van der Waals surface area contributed by atoms with Crippen molar-refractivity contribution in [1.29, 1.82) is 0 Å². The summed E-state index contributed by atoms with van der Waals surface area (Å²) in [4.78, 5) is 36.5. The molecule has 1 aliphatic heterocycles. The van der Waals surface area contributed by atoms with Crippen molar-refractivity contribution in [3.63, 3.8) is 0 Å². The van der Waals surface area contributed by atoms with Crippen LogP contribution in [-0.2, 0) is 9.53 Å². The second kappa shape index (κ2) is 7.19. The van der Waals surface area contributed by atoms with Crippen molar-refractivity contribution in [1.82, 2.24) is 4.90 Å². The summed E-state index contributed by atoms with van der Waals surface area (Å²) in [6, 6.07) is 5.99. The number of hydrogen-bond donors (Lipinski definition) is 1.